The van der Waals surface area contributed by atoms with Crippen LogP contribution in [0, 0.1) is 0 Å². The van der Waals surface area contributed by atoms with E-state index >= 15 is 0 Å². The van der Waals surface area contributed by atoms with E-state index in [2.05, 4.69) is 39.5 Å². The Morgan fingerprint density at radius 3 is 2.65 bits per heavy atom. The van der Waals surface area contributed by atoms with E-state index in [-0.39, 0.29) is 5.75 Å². The van der Waals surface area contributed by atoms with Crippen LogP contribution in [-0.2, 0) is 14.8 Å². The molecule has 8 heteroatoms. The molecule has 2 fully saturated rings. The van der Waals surface area contributed by atoms with Gasteiger partial charge in [0.2, 0.25) is 10.0 Å². The number of likely N-dealkylation sites (tertiary alicyclic amines) is 1. The molecule has 2 saturated heterocycles. The van der Waals surface area contributed by atoms with Crippen LogP contribution in [0.5, 0.6) is 0 Å². The zero-order valence-electron chi connectivity index (χ0n) is 15.3. The van der Waals surface area contributed by atoms with Crippen molar-refractivity contribution < 1.29 is 13.2 Å². The molecule has 1 N–H and O–H groups in total. The van der Waals surface area contributed by atoms with Gasteiger partial charge in [0.05, 0.1) is 19.0 Å². The first kappa shape index (κ1) is 19.1. The first-order chi connectivity index (χ1) is 12.6. The molecule has 3 rings (SSSR count). The van der Waals surface area contributed by atoms with Crippen molar-refractivity contribution >= 4 is 16.0 Å². The summed E-state index contributed by atoms with van der Waals surface area (Å²) in [7, 11) is -1.50. The molecule has 0 saturated carbocycles. The molecule has 1 unspecified atom stereocenters. The Balaban J connectivity index is 1.49. The third kappa shape index (κ3) is 4.75. The quantitative estimate of drug-likeness (QED) is 0.602. The number of nitrogens with one attached hydrogen (secondary N) is 1. The fraction of sp³-hybridized carbons (Fsp3) is 0.611. The first-order valence-corrected chi connectivity index (χ1v) is 10.8. The normalized spacial score (nSPS) is 22.6. The Morgan fingerprint density at radius 1 is 1.23 bits per heavy atom. The van der Waals surface area contributed by atoms with Crippen LogP contribution in [0.25, 0.3) is 0 Å². The number of rotatable bonds is 5. The van der Waals surface area contributed by atoms with Crippen LogP contribution in [-0.4, -0.2) is 82.3 Å². The number of morpholine rings is 1. The molecule has 1 aromatic rings. The lowest BCUT2D eigenvalue weighted by Crippen LogP contribution is -2.46. The molecular formula is C18H28N4O3S. The smallest absolute Gasteiger partial charge is 0.215 e. The molecule has 26 heavy (non-hydrogen) atoms. The van der Waals surface area contributed by atoms with E-state index in [1.165, 1.54) is 9.87 Å². The molecule has 0 spiro atoms. The lowest BCUT2D eigenvalue weighted by molar-refractivity contribution is 0.0730. The van der Waals surface area contributed by atoms with Gasteiger partial charge in [0.1, 0.15) is 0 Å². The summed E-state index contributed by atoms with van der Waals surface area (Å²) in [5.41, 5.74) is 1.35. The highest BCUT2D eigenvalue weighted by atomic mass is 32.2. The van der Waals surface area contributed by atoms with Crippen LogP contribution in [0.2, 0.25) is 0 Å². The van der Waals surface area contributed by atoms with Crippen molar-refractivity contribution in [3.05, 3.63) is 35.9 Å². The van der Waals surface area contributed by atoms with E-state index in [9.17, 15) is 8.42 Å². The minimum absolute atomic E-state index is 0.0714. The monoisotopic (exact) mass is 380 g/mol. The van der Waals surface area contributed by atoms with E-state index < -0.39 is 10.0 Å². The molecule has 0 bridgehead atoms. The maximum absolute atomic E-state index is 12.4. The van der Waals surface area contributed by atoms with Gasteiger partial charge in [-0.15, -0.1) is 0 Å². The maximum Gasteiger partial charge on any atom is 0.215 e. The van der Waals surface area contributed by atoms with Gasteiger partial charge in [-0.1, -0.05) is 30.3 Å². The van der Waals surface area contributed by atoms with Gasteiger partial charge in [-0.2, -0.15) is 4.31 Å². The van der Waals surface area contributed by atoms with E-state index in [1.54, 1.807) is 7.05 Å². The van der Waals surface area contributed by atoms with Crippen LogP contribution >= 0.6 is 0 Å². The predicted octanol–water partition coefficient (Wildman–Crippen LogP) is 0.713. The van der Waals surface area contributed by atoms with Crippen LogP contribution in [0.1, 0.15) is 17.9 Å². The van der Waals surface area contributed by atoms with Gasteiger partial charge in [-0.05, 0) is 12.0 Å². The molecule has 1 aromatic carbocycles. The zero-order valence-corrected chi connectivity index (χ0v) is 16.1. The summed E-state index contributed by atoms with van der Waals surface area (Å²) in [6.07, 6.45) is 1.08. The Hall–Kier alpha value is -1.64. The SMILES string of the molecule is CN=C(NCCS(=O)(=O)N1CCOCC1)N1CCC(c2ccccc2)C1. The third-order valence-corrected chi connectivity index (χ3v) is 6.85. The lowest BCUT2D eigenvalue weighted by Gasteiger charge is -2.26. The van der Waals surface area contributed by atoms with Gasteiger partial charge in [-0.3, -0.25) is 4.99 Å². The molecular weight excluding hydrogens is 352 g/mol. The molecule has 0 radical (unpaired) electrons. The standard InChI is InChI=1S/C18H28N4O3S/c1-19-18(20-8-14-26(23,24)22-10-12-25-13-11-22)21-9-7-17(15-21)16-5-3-2-4-6-16/h2-6,17H,7-15H2,1H3,(H,19,20). The predicted molar refractivity (Wildman–Crippen MR) is 103 cm³/mol. The zero-order chi connectivity index (χ0) is 18.4. The van der Waals surface area contributed by atoms with Crippen molar-refractivity contribution in [2.24, 2.45) is 4.99 Å². The number of hydrogen-bond acceptors (Lipinski definition) is 4. The fourth-order valence-electron chi connectivity index (χ4n) is 3.53. The molecule has 2 heterocycles. The average Bonchev–Trinajstić information content (AvgIpc) is 3.16. The number of hydrogen-bond donors (Lipinski definition) is 1. The highest BCUT2D eigenvalue weighted by Gasteiger charge is 2.27. The minimum Gasteiger partial charge on any atom is -0.379 e. The summed E-state index contributed by atoms with van der Waals surface area (Å²) in [6, 6.07) is 10.5. The number of benzene rings is 1. The average molecular weight is 381 g/mol. The second-order valence-electron chi connectivity index (χ2n) is 6.64. The molecule has 7 nitrogen and oxygen atoms in total. The molecule has 0 amide bonds. The topological polar surface area (TPSA) is 74.2 Å². The minimum atomic E-state index is -3.25. The van der Waals surface area contributed by atoms with Crippen LogP contribution in [0.4, 0.5) is 0 Å². The molecule has 0 aromatic heterocycles. The van der Waals surface area contributed by atoms with Gasteiger partial charge >= 0.3 is 0 Å². The molecule has 1 atom stereocenters. The Bertz CT molecular complexity index is 702. The highest BCUT2D eigenvalue weighted by molar-refractivity contribution is 7.89. The summed E-state index contributed by atoms with van der Waals surface area (Å²) in [5.74, 6) is 1.34. The summed E-state index contributed by atoms with van der Waals surface area (Å²) in [5, 5.41) is 3.22. The number of ether oxygens (including phenoxy) is 1. The van der Waals surface area contributed by atoms with Crippen molar-refractivity contribution in [2.45, 2.75) is 12.3 Å². The van der Waals surface area contributed by atoms with Crippen molar-refractivity contribution in [1.29, 1.82) is 0 Å². The maximum atomic E-state index is 12.4. The van der Waals surface area contributed by atoms with Crippen LogP contribution < -0.4 is 5.32 Å². The van der Waals surface area contributed by atoms with E-state index in [1.807, 2.05) is 6.07 Å². The van der Waals surface area contributed by atoms with Gasteiger partial charge in [0, 0.05) is 45.7 Å². The van der Waals surface area contributed by atoms with Crippen molar-refractivity contribution in [3.8, 4) is 0 Å². The van der Waals surface area contributed by atoms with Crippen molar-refractivity contribution in [2.75, 3.05) is 58.7 Å². The highest BCUT2D eigenvalue weighted by Crippen LogP contribution is 2.26. The van der Waals surface area contributed by atoms with E-state index in [0.717, 1.165) is 25.5 Å². The number of guanidine groups is 1. The number of sulfonamides is 1. The van der Waals surface area contributed by atoms with Crippen LogP contribution in [0.15, 0.2) is 35.3 Å². The molecule has 144 valence electrons. The second-order valence-corrected chi connectivity index (χ2v) is 8.73. The molecule has 0 aliphatic carbocycles. The Morgan fingerprint density at radius 2 is 1.96 bits per heavy atom. The van der Waals surface area contributed by atoms with Gasteiger partial charge in [0.25, 0.3) is 0 Å². The fourth-order valence-corrected chi connectivity index (χ4v) is 4.85. The number of aliphatic imine (C=N–C) groups is 1. The third-order valence-electron chi connectivity index (χ3n) is 4.98. The van der Waals surface area contributed by atoms with Gasteiger partial charge in [0.15, 0.2) is 5.96 Å². The van der Waals surface area contributed by atoms with Crippen molar-refractivity contribution in [1.82, 2.24) is 14.5 Å². The van der Waals surface area contributed by atoms with Crippen LogP contribution in [0.3, 0.4) is 0 Å². The van der Waals surface area contributed by atoms with Crippen molar-refractivity contribution in [3.63, 3.8) is 0 Å². The summed E-state index contributed by atoms with van der Waals surface area (Å²) in [6.45, 7) is 4.03. The van der Waals surface area contributed by atoms with E-state index in [4.69, 9.17) is 4.74 Å². The first-order valence-electron chi connectivity index (χ1n) is 9.16. The Kier molecular flexibility index (Phi) is 6.50. The summed E-state index contributed by atoms with van der Waals surface area (Å²) < 4.78 is 31.5. The largest absolute Gasteiger partial charge is 0.379 e. The van der Waals surface area contributed by atoms with E-state index in [0.29, 0.717) is 38.8 Å². The lowest BCUT2D eigenvalue weighted by atomic mass is 9.99. The molecule has 2 aliphatic heterocycles. The van der Waals surface area contributed by atoms with Gasteiger partial charge in [-0.25, -0.2) is 8.42 Å². The molecule has 2 aliphatic rings. The van der Waals surface area contributed by atoms with Gasteiger partial charge < -0.3 is 15.0 Å². The Labute approximate surface area is 156 Å². The second kappa shape index (κ2) is 8.83. The number of nitrogens with zero attached hydrogens (tertiary/aromatic N) is 3. The summed E-state index contributed by atoms with van der Waals surface area (Å²) in [4.78, 5) is 6.54. The summed E-state index contributed by atoms with van der Waals surface area (Å²) >= 11 is 0.